The third-order valence-electron chi connectivity index (χ3n) is 4.79. The number of hydrogen-bond donors (Lipinski definition) is 1. The van der Waals surface area contributed by atoms with E-state index in [1.54, 1.807) is 12.3 Å². The van der Waals surface area contributed by atoms with Crippen LogP contribution in [0.5, 0.6) is 0 Å². The largest absolute Gasteiger partial charge is 0.396 e. The summed E-state index contributed by atoms with van der Waals surface area (Å²) in [6, 6.07) is 1.74. The van der Waals surface area contributed by atoms with Crippen molar-refractivity contribution in [3.8, 4) is 0 Å². The van der Waals surface area contributed by atoms with Crippen molar-refractivity contribution in [1.29, 1.82) is 0 Å². The Hall–Kier alpha value is -1.33. The van der Waals surface area contributed by atoms with E-state index in [1.807, 2.05) is 4.90 Å². The first-order chi connectivity index (χ1) is 11.2. The van der Waals surface area contributed by atoms with Crippen LogP contribution in [0.25, 0.3) is 0 Å². The van der Waals surface area contributed by atoms with Crippen molar-refractivity contribution in [3.05, 3.63) is 22.8 Å². The highest BCUT2D eigenvalue weighted by molar-refractivity contribution is 6.33. The van der Waals surface area contributed by atoms with Crippen molar-refractivity contribution < 1.29 is 9.90 Å². The number of anilines is 1. The molecule has 5 nitrogen and oxygen atoms in total. The normalized spacial score (nSPS) is 22.3. The lowest BCUT2D eigenvalue weighted by Crippen LogP contribution is -2.38. The molecule has 6 heteroatoms. The molecule has 1 N–H and O–H groups in total. The van der Waals surface area contributed by atoms with E-state index in [9.17, 15) is 9.90 Å². The SMILES string of the molecule is O=C(c1cnc(N2CCCC(CO)C2)c(Cl)c1)N1CCCCC1. The minimum atomic E-state index is 0.0255. The van der Waals surface area contributed by atoms with Crippen molar-refractivity contribution in [2.75, 3.05) is 37.7 Å². The Kier molecular flexibility index (Phi) is 5.38. The van der Waals surface area contributed by atoms with Gasteiger partial charge in [0, 0.05) is 39.0 Å². The number of halogens is 1. The van der Waals surface area contributed by atoms with Crippen LogP contribution in [0.3, 0.4) is 0 Å². The molecule has 0 radical (unpaired) electrons. The summed E-state index contributed by atoms with van der Waals surface area (Å²) in [6.07, 6.45) is 7.04. The molecule has 0 saturated carbocycles. The molecule has 3 heterocycles. The Morgan fingerprint density at radius 1 is 1.26 bits per heavy atom. The van der Waals surface area contributed by atoms with Crippen molar-refractivity contribution in [1.82, 2.24) is 9.88 Å². The summed E-state index contributed by atoms with van der Waals surface area (Å²) in [5, 5.41) is 9.88. The topological polar surface area (TPSA) is 56.7 Å². The summed E-state index contributed by atoms with van der Waals surface area (Å²) >= 11 is 6.40. The fourth-order valence-electron chi connectivity index (χ4n) is 3.47. The van der Waals surface area contributed by atoms with Crippen molar-refractivity contribution >= 4 is 23.3 Å². The molecule has 0 aliphatic carbocycles. The summed E-state index contributed by atoms with van der Waals surface area (Å²) in [5.41, 5.74) is 0.566. The van der Waals surface area contributed by atoms with E-state index >= 15 is 0 Å². The minimum absolute atomic E-state index is 0.0255. The summed E-state index contributed by atoms with van der Waals surface area (Å²) in [6.45, 7) is 3.50. The Labute approximate surface area is 142 Å². The molecule has 0 spiro atoms. The first-order valence-electron chi connectivity index (χ1n) is 8.49. The number of piperidine rings is 2. The van der Waals surface area contributed by atoms with Crippen LogP contribution < -0.4 is 4.90 Å². The molecular formula is C17H24ClN3O2. The Morgan fingerprint density at radius 2 is 2.04 bits per heavy atom. The van der Waals surface area contributed by atoms with Gasteiger partial charge < -0.3 is 14.9 Å². The van der Waals surface area contributed by atoms with Crippen molar-refractivity contribution in [3.63, 3.8) is 0 Å². The van der Waals surface area contributed by atoms with Gasteiger partial charge in [-0.1, -0.05) is 11.6 Å². The zero-order valence-corrected chi connectivity index (χ0v) is 14.1. The van der Waals surface area contributed by atoms with E-state index in [4.69, 9.17) is 11.6 Å². The molecule has 3 rings (SSSR count). The third-order valence-corrected chi connectivity index (χ3v) is 5.07. The van der Waals surface area contributed by atoms with Gasteiger partial charge in [-0.05, 0) is 44.1 Å². The molecule has 2 fully saturated rings. The quantitative estimate of drug-likeness (QED) is 0.921. The van der Waals surface area contributed by atoms with Gasteiger partial charge in [0.25, 0.3) is 5.91 Å². The zero-order valence-electron chi connectivity index (χ0n) is 13.4. The molecule has 1 atom stereocenters. The molecule has 0 bridgehead atoms. The summed E-state index contributed by atoms with van der Waals surface area (Å²) in [4.78, 5) is 21.0. The maximum absolute atomic E-state index is 12.5. The van der Waals surface area contributed by atoms with Gasteiger partial charge in [-0.3, -0.25) is 4.79 Å². The van der Waals surface area contributed by atoms with Crippen LogP contribution >= 0.6 is 11.6 Å². The number of nitrogens with zero attached hydrogens (tertiary/aromatic N) is 3. The van der Waals surface area contributed by atoms with Crippen LogP contribution in [0.4, 0.5) is 5.82 Å². The maximum atomic E-state index is 12.5. The first kappa shape index (κ1) is 16.5. The summed E-state index contributed by atoms with van der Waals surface area (Å²) < 4.78 is 0. The van der Waals surface area contributed by atoms with Gasteiger partial charge >= 0.3 is 0 Å². The van der Waals surface area contributed by atoms with Crippen LogP contribution in [-0.2, 0) is 0 Å². The van der Waals surface area contributed by atoms with Crippen LogP contribution in [0.1, 0.15) is 42.5 Å². The predicted molar refractivity (Wildman–Crippen MR) is 91.0 cm³/mol. The Morgan fingerprint density at radius 3 is 2.74 bits per heavy atom. The lowest BCUT2D eigenvalue weighted by Gasteiger charge is -2.33. The van der Waals surface area contributed by atoms with Gasteiger partial charge in [0.15, 0.2) is 0 Å². The molecule has 1 aromatic heterocycles. The number of pyridine rings is 1. The average Bonchev–Trinajstić information content (AvgIpc) is 2.61. The van der Waals surface area contributed by atoms with Crippen molar-refractivity contribution in [2.24, 2.45) is 5.92 Å². The third kappa shape index (κ3) is 3.78. The maximum Gasteiger partial charge on any atom is 0.255 e. The summed E-state index contributed by atoms with van der Waals surface area (Å²) in [5.74, 6) is 1.02. The highest BCUT2D eigenvalue weighted by atomic mass is 35.5. The van der Waals surface area contributed by atoms with E-state index in [2.05, 4.69) is 9.88 Å². The number of aliphatic hydroxyl groups is 1. The second-order valence-corrected chi connectivity index (χ2v) is 6.93. The molecular weight excluding hydrogens is 314 g/mol. The fraction of sp³-hybridized carbons (Fsp3) is 0.647. The van der Waals surface area contributed by atoms with Crippen LogP contribution in [0, 0.1) is 5.92 Å². The van der Waals surface area contributed by atoms with Gasteiger partial charge in [0.05, 0.1) is 10.6 Å². The lowest BCUT2D eigenvalue weighted by atomic mass is 9.99. The fourth-order valence-corrected chi connectivity index (χ4v) is 3.75. The highest BCUT2D eigenvalue weighted by Crippen LogP contribution is 2.29. The second-order valence-electron chi connectivity index (χ2n) is 6.52. The minimum Gasteiger partial charge on any atom is -0.396 e. The second kappa shape index (κ2) is 7.49. The molecule has 1 unspecified atom stereocenters. The molecule has 1 aromatic rings. The number of aromatic nitrogens is 1. The van der Waals surface area contributed by atoms with Gasteiger partial charge in [-0.2, -0.15) is 0 Å². The van der Waals surface area contributed by atoms with Gasteiger partial charge in [0.2, 0.25) is 0 Å². The predicted octanol–water partition coefficient (Wildman–Crippen LogP) is 2.57. The average molecular weight is 338 g/mol. The van der Waals surface area contributed by atoms with Crippen LogP contribution in [-0.4, -0.2) is 53.7 Å². The van der Waals surface area contributed by atoms with Crippen LogP contribution in [0.2, 0.25) is 5.02 Å². The smallest absolute Gasteiger partial charge is 0.255 e. The van der Waals surface area contributed by atoms with E-state index < -0.39 is 0 Å². The molecule has 126 valence electrons. The lowest BCUT2D eigenvalue weighted by molar-refractivity contribution is 0.0724. The van der Waals surface area contributed by atoms with E-state index in [0.717, 1.165) is 57.7 Å². The van der Waals surface area contributed by atoms with Gasteiger partial charge in [-0.15, -0.1) is 0 Å². The molecule has 1 amide bonds. The Bertz CT molecular complexity index is 561. The number of carbonyl (C=O) groups is 1. The molecule has 2 aliphatic rings. The molecule has 2 saturated heterocycles. The Balaban J connectivity index is 1.73. The van der Waals surface area contributed by atoms with Crippen LogP contribution in [0.15, 0.2) is 12.3 Å². The van der Waals surface area contributed by atoms with E-state index in [0.29, 0.717) is 10.6 Å². The number of aliphatic hydroxyl groups excluding tert-OH is 1. The van der Waals surface area contributed by atoms with Gasteiger partial charge in [-0.25, -0.2) is 4.98 Å². The number of rotatable bonds is 3. The number of amides is 1. The van der Waals surface area contributed by atoms with Gasteiger partial charge in [0.1, 0.15) is 5.82 Å². The molecule has 2 aliphatic heterocycles. The number of hydrogen-bond acceptors (Lipinski definition) is 4. The van der Waals surface area contributed by atoms with E-state index in [-0.39, 0.29) is 18.4 Å². The highest BCUT2D eigenvalue weighted by Gasteiger charge is 2.24. The zero-order chi connectivity index (χ0) is 16.2. The number of likely N-dealkylation sites (tertiary alicyclic amines) is 1. The monoisotopic (exact) mass is 337 g/mol. The van der Waals surface area contributed by atoms with E-state index in [1.165, 1.54) is 6.42 Å². The standard InChI is InChI=1S/C17H24ClN3O2/c18-15-9-14(17(23)20-6-2-1-3-7-20)10-19-16(15)21-8-4-5-13(11-21)12-22/h9-10,13,22H,1-8,11-12H2. The molecule has 0 aromatic carbocycles. The molecule has 23 heavy (non-hydrogen) atoms. The first-order valence-corrected chi connectivity index (χ1v) is 8.87. The summed E-state index contributed by atoms with van der Waals surface area (Å²) in [7, 11) is 0. The number of carbonyl (C=O) groups excluding carboxylic acids is 1. The van der Waals surface area contributed by atoms with Crippen molar-refractivity contribution in [2.45, 2.75) is 32.1 Å².